The van der Waals surface area contributed by atoms with Crippen molar-refractivity contribution in [3.63, 3.8) is 0 Å². The van der Waals surface area contributed by atoms with Gasteiger partial charge in [0.05, 0.1) is 24.9 Å². The normalized spacial score (nSPS) is 16.2. The van der Waals surface area contributed by atoms with Gasteiger partial charge in [-0.15, -0.1) is 0 Å². The quantitative estimate of drug-likeness (QED) is 0.866. The van der Waals surface area contributed by atoms with Crippen LogP contribution in [0.2, 0.25) is 0 Å². The second-order valence-corrected chi connectivity index (χ2v) is 4.81. The number of rotatable bonds is 4. The molecule has 7 heteroatoms. The molecule has 1 aromatic rings. The summed E-state index contributed by atoms with van der Waals surface area (Å²) in [5.41, 5.74) is 0.575. The predicted octanol–water partition coefficient (Wildman–Crippen LogP) is 1.27. The number of nitrogens with one attached hydrogen (secondary N) is 1. The number of likely N-dealkylation sites (tertiary alicyclic amines) is 1. The second kappa shape index (κ2) is 5.77. The van der Waals surface area contributed by atoms with Crippen molar-refractivity contribution in [1.82, 2.24) is 9.88 Å². The average molecular weight is 279 g/mol. The molecule has 2 amide bonds. The molecule has 1 saturated heterocycles. The first-order valence-electron chi connectivity index (χ1n) is 6.30. The molecule has 1 aliphatic rings. The van der Waals surface area contributed by atoms with Crippen molar-refractivity contribution in [2.45, 2.75) is 6.92 Å². The van der Waals surface area contributed by atoms with Crippen LogP contribution >= 0.6 is 0 Å². The molecule has 1 atom stereocenters. The van der Waals surface area contributed by atoms with Gasteiger partial charge in [0, 0.05) is 25.1 Å². The molecule has 0 aromatic carbocycles. The fraction of sp³-hybridized carbons (Fsp3) is 0.462. The van der Waals surface area contributed by atoms with Gasteiger partial charge in [-0.25, -0.2) is 9.78 Å². The van der Waals surface area contributed by atoms with Gasteiger partial charge in [0.15, 0.2) is 0 Å². The Morgan fingerprint density at radius 2 is 2.20 bits per heavy atom. The van der Waals surface area contributed by atoms with Gasteiger partial charge >= 0.3 is 12.0 Å². The van der Waals surface area contributed by atoms with Crippen LogP contribution in [0.3, 0.4) is 0 Å². The number of ether oxygens (including phenoxy) is 1. The minimum atomic E-state index is -0.825. The van der Waals surface area contributed by atoms with E-state index in [1.807, 2.05) is 0 Å². The highest BCUT2D eigenvalue weighted by molar-refractivity contribution is 5.89. The maximum atomic E-state index is 11.9. The van der Waals surface area contributed by atoms with Gasteiger partial charge in [-0.2, -0.15) is 0 Å². The molecule has 2 rings (SSSR count). The summed E-state index contributed by atoms with van der Waals surface area (Å²) < 4.78 is 4.93. The van der Waals surface area contributed by atoms with Gasteiger partial charge in [-0.3, -0.25) is 4.79 Å². The Balaban J connectivity index is 1.83. The lowest BCUT2D eigenvalue weighted by Crippen LogP contribution is -2.54. The van der Waals surface area contributed by atoms with E-state index in [9.17, 15) is 9.59 Å². The van der Waals surface area contributed by atoms with Crippen LogP contribution in [0.15, 0.2) is 18.3 Å². The molecule has 1 aliphatic heterocycles. The Kier molecular flexibility index (Phi) is 4.07. The highest BCUT2D eigenvalue weighted by Crippen LogP contribution is 2.24. The van der Waals surface area contributed by atoms with Crippen LogP contribution in [0.4, 0.5) is 10.5 Å². The van der Waals surface area contributed by atoms with E-state index in [0.717, 1.165) is 0 Å². The minimum absolute atomic E-state index is 0.0206. The largest absolute Gasteiger partial charge is 0.481 e. The summed E-state index contributed by atoms with van der Waals surface area (Å²) in [5, 5.41) is 11.6. The number of carbonyl (C=O) groups excluding carboxylic acids is 1. The Hall–Kier alpha value is -2.31. The number of carbonyl (C=O) groups is 2. The molecule has 0 spiro atoms. The Morgan fingerprint density at radius 3 is 2.70 bits per heavy atom. The number of hydrogen-bond donors (Lipinski definition) is 2. The van der Waals surface area contributed by atoms with Crippen molar-refractivity contribution in [3.8, 4) is 5.88 Å². The van der Waals surface area contributed by atoms with Gasteiger partial charge in [0.25, 0.3) is 0 Å². The van der Waals surface area contributed by atoms with E-state index in [4.69, 9.17) is 9.84 Å². The summed E-state index contributed by atoms with van der Waals surface area (Å²) >= 11 is 0. The van der Waals surface area contributed by atoms with Crippen LogP contribution in [0, 0.1) is 11.8 Å². The number of urea groups is 1. The molecule has 108 valence electrons. The van der Waals surface area contributed by atoms with E-state index in [2.05, 4.69) is 10.3 Å². The number of carboxylic acids is 1. The number of pyridine rings is 1. The van der Waals surface area contributed by atoms with Crippen molar-refractivity contribution < 1.29 is 19.4 Å². The Bertz CT molecular complexity index is 497. The van der Waals surface area contributed by atoms with Crippen molar-refractivity contribution in [3.05, 3.63) is 18.3 Å². The third-order valence-electron chi connectivity index (χ3n) is 3.49. The zero-order valence-corrected chi connectivity index (χ0v) is 11.4. The van der Waals surface area contributed by atoms with Crippen LogP contribution in [0.25, 0.3) is 0 Å². The number of aliphatic carboxylic acids is 1. The van der Waals surface area contributed by atoms with E-state index < -0.39 is 11.9 Å². The Morgan fingerprint density at radius 1 is 1.50 bits per heavy atom. The highest BCUT2D eigenvalue weighted by atomic mass is 16.5. The lowest BCUT2D eigenvalue weighted by atomic mass is 9.87. The molecular weight excluding hydrogens is 262 g/mol. The summed E-state index contributed by atoms with van der Waals surface area (Å²) in [7, 11) is 1.52. The summed E-state index contributed by atoms with van der Waals surface area (Å²) in [4.78, 5) is 28.3. The smallest absolute Gasteiger partial charge is 0.321 e. The van der Waals surface area contributed by atoms with Crippen LogP contribution in [0.1, 0.15) is 6.92 Å². The van der Waals surface area contributed by atoms with Gasteiger partial charge in [0.1, 0.15) is 0 Å². The predicted molar refractivity (Wildman–Crippen MR) is 71.7 cm³/mol. The molecule has 0 saturated carbocycles. The van der Waals surface area contributed by atoms with Crippen LogP contribution < -0.4 is 10.1 Å². The topological polar surface area (TPSA) is 91.8 Å². The number of nitrogens with zero attached hydrogens (tertiary/aromatic N) is 2. The zero-order valence-electron chi connectivity index (χ0n) is 11.4. The molecular formula is C13H17N3O4. The van der Waals surface area contributed by atoms with E-state index in [-0.39, 0.29) is 11.9 Å². The van der Waals surface area contributed by atoms with Gasteiger partial charge in [-0.1, -0.05) is 6.92 Å². The number of carboxylic acid groups (broad SMARTS) is 1. The fourth-order valence-electron chi connectivity index (χ4n) is 1.97. The molecule has 0 radical (unpaired) electrons. The van der Waals surface area contributed by atoms with Crippen molar-refractivity contribution >= 4 is 17.7 Å². The lowest BCUT2D eigenvalue weighted by Gasteiger charge is -2.40. The SMILES string of the molecule is COc1ccc(NC(=O)N2CC(C(C)C(=O)O)C2)cn1. The third-order valence-corrected chi connectivity index (χ3v) is 3.49. The Labute approximate surface area is 116 Å². The molecule has 2 N–H and O–H groups in total. The number of hydrogen-bond acceptors (Lipinski definition) is 4. The van der Waals surface area contributed by atoms with Gasteiger partial charge in [0.2, 0.25) is 5.88 Å². The third kappa shape index (κ3) is 2.98. The maximum Gasteiger partial charge on any atom is 0.321 e. The molecule has 1 fully saturated rings. The molecule has 0 bridgehead atoms. The number of methoxy groups -OCH3 is 1. The van der Waals surface area contributed by atoms with Crippen molar-refractivity contribution in [2.75, 3.05) is 25.5 Å². The highest BCUT2D eigenvalue weighted by Gasteiger charge is 2.37. The first-order chi connectivity index (χ1) is 9.51. The number of anilines is 1. The average Bonchev–Trinajstić information content (AvgIpc) is 2.37. The lowest BCUT2D eigenvalue weighted by molar-refractivity contribution is -0.144. The van der Waals surface area contributed by atoms with Crippen LogP contribution in [0.5, 0.6) is 5.88 Å². The standard InChI is InChI=1S/C13H17N3O4/c1-8(12(17)18)9-6-16(7-9)13(19)15-10-3-4-11(20-2)14-5-10/h3-5,8-9H,6-7H2,1-2H3,(H,15,19)(H,17,18). The summed E-state index contributed by atoms with van der Waals surface area (Å²) in [6.07, 6.45) is 1.51. The van der Waals surface area contributed by atoms with Crippen LogP contribution in [-0.2, 0) is 4.79 Å². The molecule has 2 heterocycles. The van der Waals surface area contributed by atoms with Crippen LogP contribution in [-0.4, -0.2) is 47.2 Å². The molecule has 0 aliphatic carbocycles. The van der Waals surface area contributed by atoms with E-state index >= 15 is 0 Å². The molecule has 20 heavy (non-hydrogen) atoms. The zero-order chi connectivity index (χ0) is 14.7. The number of aromatic nitrogens is 1. The summed E-state index contributed by atoms with van der Waals surface area (Å²) in [6.45, 7) is 2.58. The fourth-order valence-corrected chi connectivity index (χ4v) is 1.97. The molecule has 1 unspecified atom stereocenters. The van der Waals surface area contributed by atoms with E-state index in [0.29, 0.717) is 24.7 Å². The summed E-state index contributed by atoms with van der Waals surface area (Å²) in [6, 6.07) is 3.10. The monoisotopic (exact) mass is 279 g/mol. The summed E-state index contributed by atoms with van der Waals surface area (Å²) in [5.74, 6) is -0.759. The van der Waals surface area contributed by atoms with Crippen molar-refractivity contribution in [2.24, 2.45) is 11.8 Å². The molecule has 7 nitrogen and oxygen atoms in total. The van der Waals surface area contributed by atoms with Gasteiger partial charge in [-0.05, 0) is 6.07 Å². The first kappa shape index (κ1) is 14.1. The van der Waals surface area contributed by atoms with E-state index in [1.54, 1.807) is 24.0 Å². The van der Waals surface area contributed by atoms with Crippen molar-refractivity contribution in [1.29, 1.82) is 0 Å². The maximum absolute atomic E-state index is 11.9. The van der Waals surface area contributed by atoms with Gasteiger partial charge < -0.3 is 20.1 Å². The minimum Gasteiger partial charge on any atom is -0.481 e. The number of amides is 2. The second-order valence-electron chi connectivity index (χ2n) is 4.81. The molecule has 1 aromatic heterocycles. The first-order valence-corrected chi connectivity index (χ1v) is 6.30. The van der Waals surface area contributed by atoms with E-state index in [1.165, 1.54) is 13.3 Å².